The van der Waals surface area contributed by atoms with E-state index >= 15 is 0 Å². The molecule has 3 aromatic rings. The van der Waals surface area contributed by atoms with E-state index in [-0.39, 0.29) is 18.1 Å². The number of carbonyl (C=O) groups is 1. The van der Waals surface area contributed by atoms with Gasteiger partial charge < -0.3 is 19.0 Å². The highest BCUT2D eigenvalue weighted by molar-refractivity contribution is 5.94. The molecule has 8 nitrogen and oxygen atoms in total. The molecule has 136 valence electrons. The lowest BCUT2D eigenvalue weighted by molar-refractivity contribution is -0.0626. The number of nitrogens with one attached hydrogen (secondary N) is 1. The van der Waals surface area contributed by atoms with Crippen molar-refractivity contribution in [1.82, 2.24) is 29.2 Å². The molecule has 0 spiro atoms. The number of pyridine rings is 1. The lowest BCUT2D eigenvalue weighted by Crippen LogP contribution is -2.48. The van der Waals surface area contributed by atoms with Gasteiger partial charge in [-0.25, -0.2) is 9.97 Å². The van der Waals surface area contributed by atoms with Gasteiger partial charge in [0.2, 0.25) is 0 Å². The number of carbonyl (C=O) groups excluding carboxylic acids is 1. The number of nitrogens with zero attached hydrogens (tertiary/aromatic N) is 5. The number of hydrogen-bond donors (Lipinski definition) is 1. The minimum Gasteiger partial charge on any atom is -0.373 e. The van der Waals surface area contributed by atoms with Crippen molar-refractivity contribution in [2.24, 2.45) is 7.05 Å². The van der Waals surface area contributed by atoms with Crippen LogP contribution in [0, 0.1) is 0 Å². The second kappa shape index (κ2) is 6.89. The monoisotopic (exact) mass is 354 g/mol. The molecule has 0 aliphatic carbocycles. The van der Waals surface area contributed by atoms with Crippen molar-refractivity contribution in [3.05, 3.63) is 54.5 Å². The molecule has 4 rings (SSSR count). The summed E-state index contributed by atoms with van der Waals surface area (Å²) >= 11 is 0. The van der Waals surface area contributed by atoms with Gasteiger partial charge >= 0.3 is 0 Å². The van der Waals surface area contributed by atoms with Crippen LogP contribution in [0.5, 0.6) is 0 Å². The van der Waals surface area contributed by atoms with Crippen LogP contribution in [0.3, 0.4) is 0 Å². The zero-order chi connectivity index (χ0) is 18.1. The maximum absolute atomic E-state index is 12.6. The van der Waals surface area contributed by atoms with Crippen molar-refractivity contribution in [3.8, 4) is 0 Å². The van der Waals surface area contributed by atoms with Crippen LogP contribution in [0.4, 0.5) is 0 Å². The number of fused-ring (bicyclic) bond motifs is 1. The average molecular weight is 354 g/mol. The molecular weight excluding hydrogens is 332 g/mol. The summed E-state index contributed by atoms with van der Waals surface area (Å²) in [5, 5.41) is 3.00. The van der Waals surface area contributed by atoms with Crippen LogP contribution >= 0.6 is 0 Å². The Hall–Kier alpha value is -2.71. The summed E-state index contributed by atoms with van der Waals surface area (Å²) in [6, 6.07) is 3.66. The smallest absolute Gasteiger partial charge is 0.252 e. The maximum atomic E-state index is 12.6. The summed E-state index contributed by atoms with van der Waals surface area (Å²) in [5.41, 5.74) is 2.48. The van der Waals surface area contributed by atoms with E-state index in [0.29, 0.717) is 18.7 Å². The molecule has 0 aromatic carbocycles. The highest BCUT2D eigenvalue weighted by Crippen LogP contribution is 2.27. The van der Waals surface area contributed by atoms with Gasteiger partial charge in [-0.2, -0.15) is 0 Å². The van der Waals surface area contributed by atoms with Crippen molar-refractivity contribution in [2.45, 2.75) is 12.1 Å². The molecule has 26 heavy (non-hydrogen) atoms. The van der Waals surface area contributed by atoms with Crippen molar-refractivity contribution in [2.75, 3.05) is 26.7 Å². The quantitative estimate of drug-likeness (QED) is 0.752. The van der Waals surface area contributed by atoms with E-state index in [2.05, 4.69) is 27.2 Å². The zero-order valence-electron chi connectivity index (χ0n) is 14.9. The number of ether oxygens (including phenoxy) is 1. The molecule has 1 saturated heterocycles. The lowest BCUT2D eigenvalue weighted by Gasteiger charge is -2.39. The molecule has 4 heterocycles. The van der Waals surface area contributed by atoms with Gasteiger partial charge in [0, 0.05) is 44.9 Å². The van der Waals surface area contributed by atoms with Crippen molar-refractivity contribution in [3.63, 3.8) is 0 Å². The molecule has 0 radical (unpaired) electrons. The standard InChI is InChI=1S/C18H22N6O2/c1-22-7-8-26-15(17(22)14-9-19-12-23(14)2)10-21-18(25)13-3-4-16-20-5-6-24(16)11-13/h3-6,9,11-12,15,17H,7-8,10H2,1-2H3,(H,21,25)/t15-,17-/m0/s1. The van der Waals surface area contributed by atoms with Gasteiger partial charge in [0.15, 0.2) is 0 Å². The Morgan fingerprint density at radius 1 is 1.38 bits per heavy atom. The minimum absolute atomic E-state index is 0.0488. The van der Waals surface area contributed by atoms with E-state index in [9.17, 15) is 4.79 Å². The first-order chi connectivity index (χ1) is 12.6. The number of aromatic nitrogens is 4. The van der Waals surface area contributed by atoms with Crippen molar-refractivity contribution < 1.29 is 9.53 Å². The van der Waals surface area contributed by atoms with Crippen LogP contribution < -0.4 is 5.32 Å². The zero-order valence-corrected chi connectivity index (χ0v) is 14.9. The first-order valence-electron chi connectivity index (χ1n) is 8.62. The number of aryl methyl sites for hydroxylation is 1. The molecule has 8 heteroatoms. The first-order valence-corrected chi connectivity index (χ1v) is 8.62. The lowest BCUT2D eigenvalue weighted by atomic mass is 10.0. The van der Waals surface area contributed by atoms with Gasteiger partial charge in [0.25, 0.3) is 5.91 Å². The highest BCUT2D eigenvalue weighted by atomic mass is 16.5. The Bertz CT molecular complexity index is 917. The van der Waals surface area contributed by atoms with E-state index in [1.807, 2.05) is 34.5 Å². The predicted molar refractivity (Wildman–Crippen MR) is 95.8 cm³/mol. The Kier molecular flexibility index (Phi) is 4.44. The van der Waals surface area contributed by atoms with E-state index < -0.39 is 0 Å². The molecule has 1 aliphatic rings. The summed E-state index contributed by atoms with van der Waals surface area (Å²) in [4.78, 5) is 23.2. The topological polar surface area (TPSA) is 76.7 Å². The molecular formula is C18H22N6O2. The van der Waals surface area contributed by atoms with Crippen LogP contribution in [0.25, 0.3) is 5.65 Å². The van der Waals surface area contributed by atoms with Crippen molar-refractivity contribution >= 4 is 11.6 Å². The third-order valence-electron chi connectivity index (χ3n) is 4.87. The summed E-state index contributed by atoms with van der Waals surface area (Å²) in [6.45, 7) is 1.92. The number of morpholine rings is 1. The fraction of sp³-hybridized carbons (Fsp3) is 0.389. The van der Waals surface area contributed by atoms with Gasteiger partial charge in [-0.15, -0.1) is 0 Å². The maximum Gasteiger partial charge on any atom is 0.252 e. The molecule has 2 atom stereocenters. The van der Waals surface area contributed by atoms with E-state index in [0.717, 1.165) is 17.9 Å². The van der Waals surface area contributed by atoms with Gasteiger partial charge in [0.1, 0.15) is 5.65 Å². The summed E-state index contributed by atoms with van der Waals surface area (Å²) in [5.74, 6) is -0.124. The third kappa shape index (κ3) is 3.09. The normalized spacial score (nSPS) is 21.2. The fourth-order valence-corrected chi connectivity index (χ4v) is 3.45. The van der Waals surface area contributed by atoms with Crippen molar-refractivity contribution in [1.29, 1.82) is 0 Å². The number of hydrogen-bond acceptors (Lipinski definition) is 5. The van der Waals surface area contributed by atoms with Gasteiger partial charge in [0.05, 0.1) is 36.3 Å². The molecule has 0 unspecified atom stereocenters. The second-order valence-corrected chi connectivity index (χ2v) is 6.58. The highest BCUT2D eigenvalue weighted by Gasteiger charge is 2.33. The van der Waals surface area contributed by atoms with Crippen LogP contribution in [-0.4, -0.2) is 62.6 Å². The second-order valence-electron chi connectivity index (χ2n) is 6.58. The van der Waals surface area contributed by atoms with Crippen LogP contribution in [-0.2, 0) is 11.8 Å². The van der Waals surface area contributed by atoms with E-state index in [1.54, 1.807) is 24.8 Å². The number of likely N-dealkylation sites (N-methyl/N-ethyl adjacent to an activating group) is 1. The Balaban J connectivity index is 1.48. The third-order valence-corrected chi connectivity index (χ3v) is 4.87. The Morgan fingerprint density at radius 2 is 2.27 bits per heavy atom. The SMILES string of the molecule is CN1CCO[C@@H](CNC(=O)c2ccc3nccn3c2)[C@@H]1c1cncn1C. The number of imidazole rings is 2. The van der Waals surface area contributed by atoms with Gasteiger partial charge in [-0.1, -0.05) is 0 Å². The van der Waals surface area contributed by atoms with Crippen LogP contribution in [0.2, 0.25) is 0 Å². The minimum atomic E-state index is -0.134. The Labute approximate surface area is 151 Å². The molecule has 0 saturated carbocycles. The molecule has 1 aliphatic heterocycles. The predicted octanol–water partition coefficient (Wildman–Crippen LogP) is 0.869. The fourth-order valence-electron chi connectivity index (χ4n) is 3.45. The molecule has 3 aromatic heterocycles. The van der Waals surface area contributed by atoms with E-state index in [4.69, 9.17) is 4.74 Å². The molecule has 0 bridgehead atoms. The Morgan fingerprint density at radius 3 is 3.08 bits per heavy atom. The molecule has 1 amide bonds. The summed E-state index contributed by atoms with van der Waals surface area (Å²) in [6.07, 6.45) is 8.82. The summed E-state index contributed by atoms with van der Waals surface area (Å²) < 4.78 is 9.80. The molecule has 1 N–H and O–H groups in total. The summed E-state index contributed by atoms with van der Waals surface area (Å²) in [7, 11) is 4.04. The van der Waals surface area contributed by atoms with Gasteiger partial charge in [-0.3, -0.25) is 9.69 Å². The van der Waals surface area contributed by atoms with Crippen LogP contribution in [0.1, 0.15) is 22.1 Å². The van der Waals surface area contributed by atoms with Crippen LogP contribution in [0.15, 0.2) is 43.2 Å². The average Bonchev–Trinajstić information content (AvgIpc) is 3.27. The largest absolute Gasteiger partial charge is 0.373 e. The van der Waals surface area contributed by atoms with Gasteiger partial charge in [-0.05, 0) is 19.2 Å². The number of rotatable bonds is 4. The molecule has 1 fully saturated rings. The van der Waals surface area contributed by atoms with E-state index in [1.165, 1.54) is 0 Å². The first kappa shape index (κ1) is 16.7. The number of amides is 1.